The lowest BCUT2D eigenvalue weighted by Crippen LogP contribution is -2.17. The van der Waals surface area contributed by atoms with Crippen LogP contribution in [-0.2, 0) is 22.3 Å². The van der Waals surface area contributed by atoms with Crippen molar-refractivity contribution < 1.29 is 28.5 Å². The van der Waals surface area contributed by atoms with Gasteiger partial charge in [-0.15, -0.1) is 0 Å². The fourth-order valence-electron chi connectivity index (χ4n) is 3.44. The maximum Gasteiger partial charge on any atom is 0.513 e. The van der Waals surface area contributed by atoms with Crippen LogP contribution in [0.25, 0.3) is 10.8 Å². The second-order valence-electron chi connectivity index (χ2n) is 6.77. The number of carbonyl (C=O) groups is 2. The summed E-state index contributed by atoms with van der Waals surface area (Å²) in [5.41, 5.74) is 1.80. The zero-order chi connectivity index (χ0) is 19.9. The van der Waals surface area contributed by atoms with Crippen molar-refractivity contribution in [2.75, 3.05) is 13.2 Å². The predicted molar refractivity (Wildman–Crippen MR) is 105 cm³/mol. The Hall–Kier alpha value is -2.76. The summed E-state index contributed by atoms with van der Waals surface area (Å²) in [6, 6.07) is 7.44. The van der Waals surface area contributed by atoms with Gasteiger partial charge >= 0.3 is 12.3 Å². The van der Waals surface area contributed by atoms with E-state index in [0.717, 1.165) is 60.4 Å². The van der Waals surface area contributed by atoms with Crippen LogP contribution in [-0.4, -0.2) is 25.5 Å². The molecule has 0 N–H and O–H groups in total. The summed E-state index contributed by atoms with van der Waals surface area (Å²) in [4.78, 5) is 24.3. The lowest BCUT2D eigenvalue weighted by Gasteiger charge is -2.24. The minimum Gasteiger partial charge on any atom is -0.434 e. The van der Waals surface area contributed by atoms with Gasteiger partial charge in [0.15, 0.2) is 0 Å². The molecule has 0 heterocycles. The van der Waals surface area contributed by atoms with E-state index in [1.807, 2.05) is 38.1 Å². The lowest BCUT2D eigenvalue weighted by molar-refractivity contribution is 0.0970. The van der Waals surface area contributed by atoms with Crippen molar-refractivity contribution in [1.29, 1.82) is 0 Å². The Morgan fingerprint density at radius 1 is 0.786 bits per heavy atom. The maximum atomic E-state index is 12.1. The van der Waals surface area contributed by atoms with E-state index >= 15 is 0 Å². The molecule has 0 bridgehead atoms. The highest BCUT2D eigenvalue weighted by Gasteiger charge is 2.26. The van der Waals surface area contributed by atoms with E-state index in [0.29, 0.717) is 24.7 Å². The Morgan fingerprint density at radius 3 is 1.61 bits per heavy atom. The quantitative estimate of drug-likeness (QED) is 0.477. The number of hydrogen-bond donors (Lipinski definition) is 0. The van der Waals surface area contributed by atoms with Crippen molar-refractivity contribution in [1.82, 2.24) is 0 Å². The number of hydrogen-bond acceptors (Lipinski definition) is 6. The number of benzene rings is 2. The second kappa shape index (κ2) is 9.44. The standard InChI is InChI=1S/C22H26O6/c1-3-13-25-21(23)27-19-15-9-5-7-11-17(15)20(28-22(24)26-14-4-2)18-12-8-6-10-16(18)19/h5,7,9,11H,3-4,6,8,10,12-14H2,1-2H3. The molecule has 0 saturated carbocycles. The van der Waals surface area contributed by atoms with E-state index in [1.165, 1.54) is 0 Å². The molecule has 28 heavy (non-hydrogen) atoms. The van der Waals surface area contributed by atoms with E-state index in [4.69, 9.17) is 18.9 Å². The zero-order valence-electron chi connectivity index (χ0n) is 16.4. The summed E-state index contributed by atoms with van der Waals surface area (Å²) in [7, 11) is 0. The highest BCUT2D eigenvalue weighted by atomic mass is 16.7. The average molecular weight is 386 g/mol. The monoisotopic (exact) mass is 386 g/mol. The summed E-state index contributed by atoms with van der Waals surface area (Å²) in [6.45, 7) is 4.47. The van der Waals surface area contributed by atoms with E-state index in [-0.39, 0.29) is 0 Å². The Bertz CT molecular complexity index is 787. The molecule has 0 saturated heterocycles. The summed E-state index contributed by atoms with van der Waals surface area (Å²) >= 11 is 0. The summed E-state index contributed by atoms with van der Waals surface area (Å²) in [6.07, 6.45) is 3.47. The van der Waals surface area contributed by atoms with Crippen molar-refractivity contribution in [3.05, 3.63) is 35.4 Å². The SMILES string of the molecule is CCCOC(=O)Oc1c2c(c(OC(=O)OCCC)c3ccccc13)CCCC2. The first-order valence-electron chi connectivity index (χ1n) is 9.91. The molecule has 3 rings (SSSR count). The third-order valence-electron chi connectivity index (χ3n) is 4.65. The molecule has 0 unspecified atom stereocenters. The molecule has 0 aliphatic heterocycles. The molecule has 0 aromatic heterocycles. The van der Waals surface area contributed by atoms with Gasteiger partial charge in [0, 0.05) is 21.9 Å². The first-order valence-corrected chi connectivity index (χ1v) is 9.91. The van der Waals surface area contributed by atoms with Gasteiger partial charge in [0.05, 0.1) is 13.2 Å². The van der Waals surface area contributed by atoms with E-state index in [2.05, 4.69) is 0 Å². The lowest BCUT2D eigenvalue weighted by atomic mass is 9.87. The molecule has 0 radical (unpaired) electrons. The molecular weight excluding hydrogens is 360 g/mol. The fraction of sp³-hybridized carbons (Fsp3) is 0.455. The predicted octanol–water partition coefficient (Wildman–Crippen LogP) is 5.57. The minimum absolute atomic E-state index is 0.309. The first kappa shape index (κ1) is 20.0. The van der Waals surface area contributed by atoms with Crippen LogP contribution in [0.3, 0.4) is 0 Å². The second-order valence-corrected chi connectivity index (χ2v) is 6.77. The summed E-state index contributed by atoms with van der Waals surface area (Å²) in [5.74, 6) is 1.00. The Kier molecular flexibility index (Phi) is 6.74. The van der Waals surface area contributed by atoms with Crippen LogP contribution in [0.15, 0.2) is 24.3 Å². The van der Waals surface area contributed by atoms with Gasteiger partial charge in [0.2, 0.25) is 0 Å². The van der Waals surface area contributed by atoms with Crippen LogP contribution >= 0.6 is 0 Å². The van der Waals surface area contributed by atoms with Crippen LogP contribution in [0.2, 0.25) is 0 Å². The third kappa shape index (κ3) is 4.38. The van der Waals surface area contributed by atoms with Crippen molar-refractivity contribution in [3.8, 4) is 11.5 Å². The van der Waals surface area contributed by atoms with Crippen molar-refractivity contribution >= 4 is 23.1 Å². The van der Waals surface area contributed by atoms with Gasteiger partial charge in [-0.05, 0) is 38.5 Å². The van der Waals surface area contributed by atoms with Crippen LogP contribution in [0, 0.1) is 0 Å². The summed E-state index contributed by atoms with van der Waals surface area (Å²) in [5, 5.41) is 1.43. The van der Waals surface area contributed by atoms with E-state index in [9.17, 15) is 9.59 Å². The highest BCUT2D eigenvalue weighted by molar-refractivity contribution is 5.98. The van der Waals surface area contributed by atoms with Gasteiger partial charge in [-0.25, -0.2) is 9.59 Å². The van der Waals surface area contributed by atoms with Gasteiger partial charge in [-0.3, -0.25) is 0 Å². The number of ether oxygens (including phenoxy) is 4. The van der Waals surface area contributed by atoms with E-state index < -0.39 is 12.3 Å². The van der Waals surface area contributed by atoms with Gasteiger partial charge in [0.25, 0.3) is 0 Å². The van der Waals surface area contributed by atoms with Crippen LogP contribution in [0.5, 0.6) is 11.5 Å². The highest BCUT2D eigenvalue weighted by Crippen LogP contribution is 2.44. The van der Waals surface area contributed by atoms with Gasteiger partial charge in [-0.2, -0.15) is 0 Å². The maximum absolute atomic E-state index is 12.1. The molecule has 1 aliphatic carbocycles. The van der Waals surface area contributed by atoms with Gasteiger partial charge in [-0.1, -0.05) is 38.1 Å². The van der Waals surface area contributed by atoms with Crippen LogP contribution in [0.1, 0.15) is 50.7 Å². The Morgan fingerprint density at radius 2 is 1.21 bits per heavy atom. The molecule has 6 heteroatoms. The Labute approximate surface area is 164 Å². The normalized spacial score (nSPS) is 12.9. The zero-order valence-corrected chi connectivity index (χ0v) is 16.4. The van der Waals surface area contributed by atoms with Crippen LogP contribution in [0.4, 0.5) is 9.59 Å². The molecular formula is C22H26O6. The molecule has 6 nitrogen and oxygen atoms in total. The number of fused-ring (bicyclic) bond motifs is 2. The molecule has 2 aromatic rings. The fourth-order valence-corrected chi connectivity index (χ4v) is 3.44. The minimum atomic E-state index is -0.712. The number of carbonyl (C=O) groups excluding carboxylic acids is 2. The molecule has 0 amide bonds. The molecule has 0 fully saturated rings. The van der Waals surface area contributed by atoms with Crippen molar-refractivity contribution in [2.24, 2.45) is 0 Å². The average Bonchev–Trinajstić information content (AvgIpc) is 2.73. The summed E-state index contributed by atoms with van der Waals surface area (Å²) < 4.78 is 21.5. The molecule has 1 aliphatic rings. The molecule has 150 valence electrons. The smallest absolute Gasteiger partial charge is 0.434 e. The molecule has 0 atom stereocenters. The largest absolute Gasteiger partial charge is 0.513 e. The number of rotatable bonds is 6. The van der Waals surface area contributed by atoms with Crippen molar-refractivity contribution in [2.45, 2.75) is 52.4 Å². The third-order valence-corrected chi connectivity index (χ3v) is 4.65. The van der Waals surface area contributed by atoms with Gasteiger partial charge < -0.3 is 18.9 Å². The Balaban J connectivity index is 2.06. The van der Waals surface area contributed by atoms with Gasteiger partial charge in [0.1, 0.15) is 11.5 Å². The molecule has 2 aromatic carbocycles. The van der Waals surface area contributed by atoms with E-state index in [1.54, 1.807) is 0 Å². The van der Waals surface area contributed by atoms with Crippen molar-refractivity contribution in [3.63, 3.8) is 0 Å². The first-order chi connectivity index (χ1) is 13.7. The topological polar surface area (TPSA) is 71.1 Å². The van der Waals surface area contributed by atoms with Crippen LogP contribution < -0.4 is 9.47 Å². The molecule has 0 spiro atoms.